The van der Waals surface area contributed by atoms with Gasteiger partial charge in [0.1, 0.15) is 12.4 Å². The van der Waals surface area contributed by atoms with Crippen molar-refractivity contribution in [1.82, 2.24) is 14.7 Å². The van der Waals surface area contributed by atoms with Crippen molar-refractivity contribution in [2.45, 2.75) is 38.3 Å². The van der Waals surface area contributed by atoms with Crippen LogP contribution in [-0.2, 0) is 18.3 Å². The molecule has 2 aliphatic heterocycles. The van der Waals surface area contributed by atoms with E-state index in [1.165, 1.54) is 0 Å². The average Bonchev–Trinajstić information content (AvgIpc) is 2.98. The monoisotopic (exact) mass is 355 g/mol. The van der Waals surface area contributed by atoms with E-state index in [9.17, 15) is 4.79 Å². The number of carbonyl (C=O) groups excluding carboxylic acids is 1. The molecule has 0 N–H and O–H groups in total. The number of benzene rings is 1. The van der Waals surface area contributed by atoms with Gasteiger partial charge in [0.15, 0.2) is 0 Å². The van der Waals surface area contributed by atoms with Crippen molar-refractivity contribution in [3.63, 3.8) is 0 Å². The quantitative estimate of drug-likeness (QED) is 0.831. The molecule has 1 saturated heterocycles. The third-order valence-corrected chi connectivity index (χ3v) is 5.28. The van der Waals surface area contributed by atoms with Crippen LogP contribution >= 0.6 is 0 Å². The lowest BCUT2D eigenvalue weighted by Gasteiger charge is -2.27. The molecule has 1 unspecified atom stereocenters. The molecule has 0 radical (unpaired) electrons. The summed E-state index contributed by atoms with van der Waals surface area (Å²) >= 11 is 0. The molecule has 1 amide bonds. The molecule has 4 rings (SSSR count). The number of amides is 1. The molecule has 1 atom stereocenters. The zero-order valence-corrected chi connectivity index (χ0v) is 15.4. The Balaban J connectivity index is 1.64. The minimum atomic E-state index is -0.00218. The third kappa shape index (κ3) is 3.21. The molecule has 138 valence electrons. The highest BCUT2D eigenvalue weighted by atomic mass is 16.5. The molecule has 2 aliphatic rings. The van der Waals surface area contributed by atoms with E-state index in [1.807, 2.05) is 49.3 Å². The molecule has 1 aromatic carbocycles. The second kappa shape index (κ2) is 7.11. The first kappa shape index (κ1) is 17.1. The third-order valence-electron chi connectivity index (χ3n) is 5.28. The van der Waals surface area contributed by atoms with Crippen LogP contribution in [-0.4, -0.2) is 46.5 Å². The van der Waals surface area contributed by atoms with Crippen LogP contribution in [0.15, 0.2) is 30.5 Å². The molecule has 0 spiro atoms. The van der Waals surface area contributed by atoms with E-state index in [2.05, 4.69) is 5.10 Å². The maximum atomic E-state index is 13.4. The summed E-state index contributed by atoms with van der Waals surface area (Å²) in [4.78, 5) is 15.3. The highest BCUT2D eigenvalue weighted by Gasteiger charge is 2.31. The van der Waals surface area contributed by atoms with Crippen LogP contribution in [0.25, 0.3) is 0 Å². The highest BCUT2D eigenvalue weighted by molar-refractivity contribution is 5.95. The fourth-order valence-corrected chi connectivity index (χ4v) is 3.78. The van der Waals surface area contributed by atoms with E-state index in [4.69, 9.17) is 9.47 Å². The van der Waals surface area contributed by atoms with Crippen LogP contribution in [0.2, 0.25) is 0 Å². The zero-order chi connectivity index (χ0) is 18.1. The Morgan fingerprint density at radius 2 is 2.00 bits per heavy atom. The molecule has 2 aromatic rings. The van der Waals surface area contributed by atoms with Gasteiger partial charge < -0.3 is 14.4 Å². The molecule has 1 aromatic heterocycles. The van der Waals surface area contributed by atoms with Crippen molar-refractivity contribution in [2.24, 2.45) is 7.05 Å². The SMILES string of the molecule is CC1COc2ccccc2CN1C(=O)c1cn(C)nc1C1CCOCC1. The second-order valence-corrected chi connectivity index (χ2v) is 7.19. The molecule has 1 fully saturated rings. The van der Waals surface area contributed by atoms with Gasteiger partial charge in [-0.25, -0.2) is 0 Å². The predicted molar refractivity (Wildman–Crippen MR) is 97.3 cm³/mol. The van der Waals surface area contributed by atoms with Crippen molar-refractivity contribution >= 4 is 5.91 Å². The van der Waals surface area contributed by atoms with Gasteiger partial charge in [-0.1, -0.05) is 18.2 Å². The lowest BCUT2D eigenvalue weighted by molar-refractivity contribution is 0.0636. The van der Waals surface area contributed by atoms with Gasteiger partial charge >= 0.3 is 0 Å². The predicted octanol–water partition coefficient (Wildman–Crippen LogP) is 2.74. The van der Waals surface area contributed by atoms with Gasteiger partial charge in [-0.3, -0.25) is 9.48 Å². The van der Waals surface area contributed by atoms with Gasteiger partial charge in [0.2, 0.25) is 0 Å². The maximum absolute atomic E-state index is 13.4. The summed E-state index contributed by atoms with van der Waals surface area (Å²) in [6.45, 7) is 4.55. The summed E-state index contributed by atoms with van der Waals surface area (Å²) in [6.07, 6.45) is 3.69. The van der Waals surface area contributed by atoms with Crippen LogP contribution < -0.4 is 4.74 Å². The molecular formula is C20H25N3O3. The largest absolute Gasteiger partial charge is 0.491 e. The van der Waals surface area contributed by atoms with Crippen LogP contribution in [0.5, 0.6) is 5.75 Å². The normalized spacial score (nSPS) is 21.0. The number of aromatic nitrogens is 2. The number of nitrogens with zero attached hydrogens (tertiary/aromatic N) is 3. The number of carbonyl (C=O) groups is 1. The minimum Gasteiger partial charge on any atom is -0.491 e. The van der Waals surface area contributed by atoms with E-state index in [0.29, 0.717) is 18.7 Å². The average molecular weight is 355 g/mol. The minimum absolute atomic E-state index is 0.00218. The smallest absolute Gasteiger partial charge is 0.258 e. The standard InChI is InChI=1S/C20H25N3O3/c1-14-13-26-18-6-4-3-5-16(18)11-23(14)20(24)17-12-22(2)21-19(17)15-7-9-25-10-8-15/h3-6,12,14-15H,7-11,13H2,1-2H3. The van der Waals surface area contributed by atoms with Crippen molar-refractivity contribution in [2.75, 3.05) is 19.8 Å². The molecule has 26 heavy (non-hydrogen) atoms. The lowest BCUT2D eigenvalue weighted by Crippen LogP contribution is -2.40. The highest BCUT2D eigenvalue weighted by Crippen LogP contribution is 2.31. The summed E-state index contributed by atoms with van der Waals surface area (Å²) in [7, 11) is 1.88. The Hall–Kier alpha value is -2.34. The number of aryl methyl sites for hydroxylation is 1. The maximum Gasteiger partial charge on any atom is 0.258 e. The molecule has 6 heteroatoms. The molecule has 3 heterocycles. The number of rotatable bonds is 2. The molecular weight excluding hydrogens is 330 g/mol. The number of ether oxygens (including phenoxy) is 2. The summed E-state index contributed by atoms with van der Waals surface area (Å²) in [5.74, 6) is 1.19. The van der Waals surface area contributed by atoms with Gasteiger partial charge in [-0.15, -0.1) is 0 Å². The Bertz CT molecular complexity index is 795. The number of hydrogen-bond acceptors (Lipinski definition) is 4. The topological polar surface area (TPSA) is 56.6 Å². The summed E-state index contributed by atoms with van der Waals surface area (Å²) in [6, 6.07) is 7.94. The Kier molecular flexibility index (Phi) is 4.68. The number of fused-ring (bicyclic) bond motifs is 1. The Morgan fingerprint density at radius 1 is 1.23 bits per heavy atom. The van der Waals surface area contributed by atoms with Crippen molar-refractivity contribution in [1.29, 1.82) is 0 Å². The fourth-order valence-electron chi connectivity index (χ4n) is 3.78. The van der Waals surface area contributed by atoms with E-state index in [1.54, 1.807) is 4.68 Å². The Morgan fingerprint density at radius 3 is 2.81 bits per heavy atom. The van der Waals surface area contributed by atoms with Crippen molar-refractivity contribution in [3.05, 3.63) is 47.3 Å². The van der Waals surface area contributed by atoms with Gasteiger partial charge in [0.05, 0.1) is 23.8 Å². The van der Waals surface area contributed by atoms with Gasteiger partial charge in [0.25, 0.3) is 5.91 Å². The van der Waals surface area contributed by atoms with Gasteiger partial charge in [0, 0.05) is 37.9 Å². The summed E-state index contributed by atoms with van der Waals surface area (Å²) in [5.41, 5.74) is 2.67. The van der Waals surface area contributed by atoms with E-state index < -0.39 is 0 Å². The summed E-state index contributed by atoms with van der Waals surface area (Å²) in [5, 5.41) is 4.63. The zero-order valence-electron chi connectivity index (χ0n) is 15.4. The van der Waals surface area contributed by atoms with Crippen LogP contribution in [0.4, 0.5) is 0 Å². The fraction of sp³-hybridized carbons (Fsp3) is 0.500. The lowest BCUT2D eigenvalue weighted by atomic mass is 9.93. The molecule has 0 bridgehead atoms. The molecule has 6 nitrogen and oxygen atoms in total. The van der Waals surface area contributed by atoms with Crippen molar-refractivity contribution < 1.29 is 14.3 Å². The number of para-hydroxylation sites is 1. The first-order chi connectivity index (χ1) is 12.6. The second-order valence-electron chi connectivity index (χ2n) is 7.19. The summed E-state index contributed by atoms with van der Waals surface area (Å²) < 4.78 is 13.1. The van der Waals surface area contributed by atoms with E-state index >= 15 is 0 Å². The molecule has 0 saturated carbocycles. The van der Waals surface area contributed by atoms with Crippen LogP contribution in [0, 0.1) is 0 Å². The van der Waals surface area contributed by atoms with Gasteiger partial charge in [-0.2, -0.15) is 5.10 Å². The van der Waals surface area contributed by atoms with Crippen molar-refractivity contribution in [3.8, 4) is 5.75 Å². The van der Waals surface area contributed by atoms with Gasteiger partial charge in [-0.05, 0) is 25.8 Å². The number of hydrogen-bond donors (Lipinski definition) is 0. The van der Waals surface area contributed by atoms with Crippen LogP contribution in [0.1, 0.15) is 47.3 Å². The van der Waals surface area contributed by atoms with E-state index in [-0.39, 0.29) is 17.9 Å². The molecule has 0 aliphatic carbocycles. The Labute approximate surface area is 153 Å². The van der Waals surface area contributed by atoms with Crippen LogP contribution in [0.3, 0.4) is 0 Å². The first-order valence-electron chi connectivity index (χ1n) is 9.26. The van der Waals surface area contributed by atoms with E-state index in [0.717, 1.165) is 43.1 Å². The first-order valence-corrected chi connectivity index (χ1v) is 9.26.